The maximum absolute atomic E-state index is 11.9. The minimum Gasteiger partial charge on any atom is -0.493 e. The molecule has 0 bridgehead atoms. The van der Waals surface area contributed by atoms with Crippen LogP contribution in [0.1, 0.15) is 44.6 Å². The molecule has 30 heavy (non-hydrogen) atoms. The van der Waals surface area contributed by atoms with Gasteiger partial charge in [0.05, 0.1) is 14.2 Å². The van der Waals surface area contributed by atoms with E-state index in [4.69, 9.17) is 9.47 Å². The molecule has 1 amide bonds. The van der Waals surface area contributed by atoms with Crippen LogP contribution in [0, 0.1) is 0 Å². The van der Waals surface area contributed by atoms with Crippen molar-refractivity contribution in [3.63, 3.8) is 0 Å². The van der Waals surface area contributed by atoms with Gasteiger partial charge in [-0.1, -0.05) is 25.3 Å². The van der Waals surface area contributed by atoms with Crippen LogP contribution in [0.25, 0.3) is 0 Å². The lowest BCUT2D eigenvalue weighted by atomic mass is 9.69. The molecule has 8 heteroatoms. The lowest BCUT2D eigenvalue weighted by molar-refractivity contribution is -0.127. The molecule has 1 aliphatic carbocycles. The van der Waals surface area contributed by atoms with Gasteiger partial charge < -0.3 is 25.0 Å². The summed E-state index contributed by atoms with van der Waals surface area (Å²) in [6, 6.07) is 6.24. The monoisotopic (exact) mass is 532 g/mol. The van der Waals surface area contributed by atoms with Gasteiger partial charge in [-0.05, 0) is 37.5 Å². The van der Waals surface area contributed by atoms with Crippen LogP contribution in [-0.2, 0) is 10.2 Å². The molecule has 0 saturated heterocycles. The maximum Gasteiger partial charge on any atom is 0.243 e. The third kappa shape index (κ3) is 6.92. The molecule has 0 atom stereocenters. The smallest absolute Gasteiger partial charge is 0.243 e. The first-order chi connectivity index (χ1) is 14.0. The summed E-state index contributed by atoms with van der Waals surface area (Å²) in [6.07, 6.45) is 5.86. The van der Waals surface area contributed by atoms with Gasteiger partial charge in [0.1, 0.15) is 6.54 Å². The molecule has 1 fully saturated rings. The standard InChI is InChI=1S/C22H36N4O3.HI/c1-6-23-21(24-15-20(27)26(2)3)25-16-22(12-8-7-9-13-22)17-10-11-18(28-4)19(14-17)29-5;/h10-11,14H,6-9,12-13,15-16H2,1-5H3,(H2,23,24,25);1H. The van der Waals surface area contributed by atoms with Crippen LogP contribution in [0.5, 0.6) is 11.5 Å². The molecular weight excluding hydrogens is 495 g/mol. The normalized spacial score (nSPS) is 15.6. The van der Waals surface area contributed by atoms with Gasteiger partial charge in [-0.25, -0.2) is 4.99 Å². The van der Waals surface area contributed by atoms with E-state index in [2.05, 4.69) is 27.8 Å². The van der Waals surface area contributed by atoms with Crippen molar-refractivity contribution >= 4 is 35.8 Å². The van der Waals surface area contributed by atoms with Crippen LogP contribution in [0.4, 0.5) is 0 Å². The second-order valence-corrected chi connectivity index (χ2v) is 7.75. The van der Waals surface area contributed by atoms with E-state index in [0.717, 1.165) is 37.4 Å². The molecule has 2 rings (SSSR count). The van der Waals surface area contributed by atoms with Crippen molar-refractivity contribution in [1.29, 1.82) is 0 Å². The zero-order valence-electron chi connectivity index (χ0n) is 18.9. The Balaban J connectivity index is 0.00000450. The van der Waals surface area contributed by atoms with Gasteiger partial charge in [0.15, 0.2) is 17.5 Å². The average molecular weight is 532 g/mol. The maximum atomic E-state index is 11.9. The van der Waals surface area contributed by atoms with Crippen molar-refractivity contribution in [2.75, 3.05) is 47.9 Å². The SMILES string of the molecule is CCNC(=NCC(=O)N(C)C)NCC1(c2ccc(OC)c(OC)c2)CCCCC1.I. The van der Waals surface area contributed by atoms with Crippen molar-refractivity contribution in [2.45, 2.75) is 44.4 Å². The number of guanidine groups is 1. The quantitative estimate of drug-likeness (QED) is 0.306. The fourth-order valence-corrected chi connectivity index (χ4v) is 3.84. The molecule has 0 radical (unpaired) electrons. The molecule has 7 nitrogen and oxygen atoms in total. The number of carbonyl (C=O) groups excluding carboxylic acids is 1. The van der Waals surface area contributed by atoms with Gasteiger partial charge in [0.25, 0.3) is 0 Å². The highest BCUT2D eigenvalue weighted by atomic mass is 127. The molecule has 0 aromatic heterocycles. The molecule has 1 aromatic carbocycles. The number of hydrogen-bond donors (Lipinski definition) is 2. The number of rotatable bonds is 8. The summed E-state index contributed by atoms with van der Waals surface area (Å²) < 4.78 is 11.0. The van der Waals surface area contributed by atoms with Crippen molar-refractivity contribution in [1.82, 2.24) is 15.5 Å². The van der Waals surface area contributed by atoms with Crippen LogP contribution in [-0.4, -0.2) is 64.7 Å². The number of methoxy groups -OCH3 is 2. The summed E-state index contributed by atoms with van der Waals surface area (Å²) in [4.78, 5) is 17.9. The summed E-state index contributed by atoms with van der Waals surface area (Å²) >= 11 is 0. The predicted octanol–water partition coefficient (Wildman–Crippen LogP) is 3.17. The van der Waals surface area contributed by atoms with Gasteiger partial charge in [-0.3, -0.25) is 4.79 Å². The summed E-state index contributed by atoms with van der Waals surface area (Å²) in [7, 11) is 6.81. The molecule has 1 saturated carbocycles. The Morgan fingerprint density at radius 3 is 2.33 bits per heavy atom. The van der Waals surface area contributed by atoms with Gasteiger partial charge in [0, 0.05) is 32.6 Å². The molecule has 170 valence electrons. The van der Waals surface area contributed by atoms with E-state index >= 15 is 0 Å². The van der Waals surface area contributed by atoms with Crippen molar-refractivity contribution in [3.8, 4) is 11.5 Å². The Kier molecular flexibility index (Phi) is 11.3. The second-order valence-electron chi connectivity index (χ2n) is 7.75. The molecule has 0 unspecified atom stereocenters. The first-order valence-corrected chi connectivity index (χ1v) is 10.4. The number of nitrogens with one attached hydrogen (secondary N) is 2. The Morgan fingerprint density at radius 2 is 1.77 bits per heavy atom. The summed E-state index contributed by atoms with van der Waals surface area (Å²) in [5.74, 6) is 2.15. The fraction of sp³-hybridized carbons (Fsp3) is 0.636. The number of nitrogens with zero attached hydrogens (tertiary/aromatic N) is 2. The highest BCUT2D eigenvalue weighted by molar-refractivity contribution is 14.0. The number of carbonyl (C=O) groups is 1. The molecular formula is C22H37IN4O3. The van der Waals surface area contributed by atoms with E-state index in [1.54, 1.807) is 33.2 Å². The van der Waals surface area contributed by atoms with E-state index in [1.165, 1.54) is 24.8 Å². The van der Waals surface area contributed by atoms with Crippen LogP contribution in [0.15, 0.2) is 23.2 Å². The topological polar surface area (TPSA) is 75.2 Å². The highest BCUT2D eigenvalue weighted by Gasteiger charge is 2.34. The number of halogens is 1. The minimum absolute atomic E-state index is 0. The van der Waals surface area contributed by atoms with Crippen LogP contribution >= 0.6 is 24.0 Å². The third-order valence-electron chi connectivity index (χ3n) is 5.62. The molecule has 2 N–H and O–H groups in total. The Labute approximate surface area is 198 Å². The number of likely N-dealkylation sites (N-methyl/N-ethyl adjacent to an activating group) is 1. The Bertz CT molecular complexity index is 704. The van der Waals surface area contributed by atoms with Gasteiger partial charge >= 0.3 is 0 Å². The van der Waals surface area contributed by atoms with E-state index < -0.39 is 0 Å². The van der Waals surface area contributed by atoms with E-state index in [9.17, 15) is 4.79 Å². The molecule has 1 aliphatic rings. The summed E-state index contributed by atoms with van der Waals surface area (Å²) in [5.41, 5.74) is 1.25. The fourth-order valence-electron chi connectivity index (χ4n) is 3.84. The largest absolute Gasteiger partial charge is 0.493 e. The first kappa shape index (κ1) is 26.3. The molecule has 0 heterocycles. The van der Waals surface area contributed by atoms with Crippen molar-refractivity contribution in [2.24, 2.45) is 4.99 Å². The Hall–Kier alpha value is -1.71. The molecule has 1 aromatic rings. The average Bonchev–Trinajstić information content (AvgIpc) is 2.75. The molecule has 0 aliphatic heterocycles. The number of ether oxygens (including phenoxy) is 2. The van der Waals surface area contributed by atoms with Crippen molar-refractivity contribution in [3.05, 3.63) is 23.8 Å². The number of benzene rings is 1. The lowest BCUT2D eigenvalue weighted by Crippen LogP contribution is -2.47. The number of hydrogen-bond acceptors (Lipinski definition) is 4. The number of aliphatic imine (C=N–C) groups is 1. The Morgan fingerprint density at radius 1 is 1.10 bits per heavy atom. The van der Waals surface area contributed by atoms with Gasteiger partial charge in [0.2, 0.25) is 5.91 Å². The van der Waals surface area contributed by atoms with Crippen molar-refractivity contribution < 1.29 is 14.3 Å². The van der Waals surface area contributed by atoms with Crippen LogP contribution < -0.4 is 20.1 Å². The zero-order valence-corrected chi connectivity index (χ0v) is 21.2. The third-order valence-corrected chi connectivity index (χ3v) is 5.62. The minimum atomic E-state index is -0.0190. The summed E-state index contributed by atoms with van der Waals surface area (Å²) in [6.45, 7) is 3.65. The summed E-state index contributed by atoms with van der Waals surface area (Å²) in [5, 5.41) is 6.74. The van der Waals surface area contributed by atoms with Gasteiger partial charge in [-0.2, -0.15) is 0 Å². The highest BCUT2D eigenvalue weighted by Crippen LogP contribution is 2.42. The van der Waals surface area contributed by atoms with E-state index in [1.807, 2.05) is 13.0 Å². The van der Waals surface area contributed by atoms with Crippen LogP contribution in [0.2, 0.25) is 0 Å². The predicted molar refractivity (Wildman–Crippen MR) is 132 cm³/mol. The van der Waals surface area contributed by atoms with E-state index in [-0.39, 0.29) is 41.8 Å². The van der Waals surface area contributed by atoms with E-state index in [0.29, 0.717) is 5.96 Å². The number of amides is 1. The first-order valence-electron chi connectivity index (χ1n) is 10.4. The lowest BCUT2D eigenvalue weighted by Gasteiger charge is -2.38. The second kappa shape index (κ2) is 12.9. The molecule has 0 spiro atoms. The zero-order chi connectivity index (χ0) is 21.3. The van der Waals surface area contributed by atoms with Crippen LogP contribution in [0.3, 0.4) is 0 Å². The van der Waals surface area contributed by atoms with Gasteiger partial charge in [-0.15, -0.1) is 24.0 Å².